The van der Waals surface area contributed by atoms with Crippen LogP contribution in [0, 0.1) is 18.7 Å². The number of nitrogens with one attached hydrogen (secondary N) is 2. The molecule has 0 saturated carbocycles. The van der Waals surface area contributed by atoms with Crippen molar-refractivity contribution < 1.29 is 9.50 Å². The van der Waals surface area contributed by atoms with E-state index in [4.69, 9.17) is 0 Å². The van der Waals surface area contributed by atoms with E-state index < -0.39 is 0 Å². The summed E-state index contributed by atoms with van der Waals surface area (Å²) in [6, 6.07) is 10.2. The number of rotatable bonds is 7. The van der Waals surface area contributed by atoms with Gasteiger partial charge in [0.25, 0.3) is 0 Å². The van der Waals surface area contributed by atoms with Gasteiger partial charge in [-0.25, -0.2) is 9.37 Å². The molecule has 1 aromatic carbocycles. The van der Waals surface area contributed by atoms with Gasteiger partial charge in [-0.3, -0.25) is 4.98 Å². The van der Waals surface area contributed by atoms with Crippen LogP contribution in [0.2, 0.25) is 0 Å². The summed E-state index contributed by atoms with van der Waals surface area (Å²) in [6.45, 7) is 5.69. The van der Waals surface area contributed by atoms with Crippen molar-refractivity contribution in [1.29, 1.82) is 0 Å². The van der Waals surface area contributed by atoms with E-state index in [-0.39, 0.29) is 24.4 Å². The fourth-order valence-corrected chi connectivity index (χ4v) is 2.72. The molecule has 3 rings (SSSR count). The third kappa shape index (κ3) is 4.61. The normalized spacial score (nSPS) is 12.1. The predicted octanol–water partition coefficient (Wildman–Crippen LogP) is 4.16. The summed E-state index contributed by atoms with van der Waals surface area (Å²) in [4.78, 5) is 13.1. The zero-order chi connectivity index (χ0) is 20.1. The van der Waals surface area contributed by atoms with Crippen LogP contribution in [0.3, 0.4) is 0 Å². The van der Waals surface area contributed by atoms with Gasteiger partial charge in [0, 0.05) is 35.3 Å². The number of hydrogen-bond acceptors (Lipinski definition) is 6. The number of hydrogen-bond donors (Lipinski definition) is 3. The van der Waals surface area contributed by atoms with Gasteiger partial charge in [0.15, 0.2) is 0 Å². The summed E-state index contributed by atoms with van der Waals surface area (Å²) >= 11 is 0. The van der Waals surface area contributed by atoms with Crippen molar-refractivity contribution >= 4 is 17.5 Å². The molecule has 3 aromatic rings. The smallest absolute Gasteiger partial charge is 0.225 e. The predicted molar refractivity (Wildman–Crippen MR) is 109 cm³/mol. The van der Waals surface area contributed by atoms with Crippen LogP contribution < -0.4 is 10.6 Å². The molecule has 3 N–H and O–H groups in total. The van der Waals surface area contributed by atoms with Gasteiger partial charge in [0.2, 0.25) is 5.95 Å². The van der Waals surface area contributed by atoms with Crippen LogP contribution in [-0.2, 0) is 0 Å². The summed E-state index contributed by atoms with van der Waals surface area (Å²) in [5.41, 5.74) is 2.71. The van der Waals surface area contributed by atoms with Crippen molar-refractivity contribution in [2.75, 3.05) is 17.2 Å². The Morgan fingerprint density at radius 2 is 1.86 bits per heavy atom. The second-order valence-electron chi connectivity index (χ2n) is 6.91. The highest BCUT2D eigenvalue weighted by atomic mass is 19.1. The fraction of sp³-hybridized carbons (Fsp3) is 0.286. The highest BCUT2D eigenvalue weighted by Gasteiger charge is 2.15. The lowest BCUT2D eigenvalue weighted by Crippen LogP contribution is -2.30. The summed E-state index contributed by atoms with van der Waals surface area (Å²) in [7, 11) is 0. The maximum absolute atomic E-state index is 13.9. The Hall–Kier alpha value is -3.06. The molecule has 0 aliphatic heterocycles. The molecule has 0 spiro atoms. The van der Waals surface area contributed by atoms with Crippen LogP contribution in [0.1, 0.15) is 19.4 Å². The van der Waals surface area contributed by atoms with E-state index in [2.05, 4.69) is 25.6 Å². The van der Waals surface area contributed by atoms with Crippen molar-refractivity contribution in [2.24, 2.45) is 5.92 Å². The molecule has 7 heteroatoms. The van der Waals surface area contributed by atoms with Gasteiger partial charge in [-0.05, 0) is 37.1 Å². The van der Waals surface area contributed by atoms with Crippen molar-refractivity contribution in [3.05, 3.63) is 60.2 Å². The SMILES string of the molecule is Cc1c(F)cccc1Nc1cc(-c2ccncc2)nc(N[C@@H](CO)C(C)C)n1. The monoisotopic (exact) mass is 381 g/mol. The molecule has 28 heavy (non-hydrogen) atoms. The Labute approximate surface area is 163 Å². The van der Waals surface area contributed by atoms with E-state index in [1.807, 2.05) is 26.0 Å². The molecule has 146 valence electrons. The van der Waals surface area contributed by atoms with Gasteiger partial charge in [-0.1, -0.05) is 19.9 Å². The van der Waals surface area contributed by atoms with Crippen LogP contribution in [0.4, 0.5) is 21.8 Å². The quantitative estimate of drug-likeness (QED) is 0.570. The number of nitrogens with zero attached hydrogens (tertiary/aromatic N) is 3. The van der Waals surface area contributed by atoms with E-state index in [0.29, 0.717) is 28.7 Å². The van der Waals surface area contributed by atoms with E-state index >= 15 is 0 Å². The van der Waals surface area contributed by atoms with Crippen molar-refractivity contribution in [2.45, 2.75) is 26.8 Å². The Balaban J connectivity index is 2.00. The minimum Gasteiger partial charge on any atom is -0.394 e. The average Bonchev–Trinajstić information content (AvgIpc) is 2.70. The standard InChI is InChI=1S/C21H24FN5O/c1-13(2)19(12-28)26-21-25-18(15-7-9-23-10-8-15)11-20(27-21)24-17-6-4-5-16(22)14(17)3/h4-11,13,19,28H,12H2,1-3H3,(H2,24,25,26,27)/t19-/m0/s1. The molecular weight excluding hydrogens is 357 g/mol. The lowest BCUT2D eigenvalue weighted by Gasteiger charge is -2.21. The van der Waals surface area contributed by atoms with Crippen LogP contribution >= 0.6 is 0 Å². The molecule has 1 atom stereocenters. The van der Waals surface area contributed by atoms with Crippen LogP contribution in [-0.4, -0.2) is 32.7 Å². The topological polar surface area (TPSA) is 83.0 Å². The maximum Gasteiger partial charge on any atom is 0.225 e. The Morgan fingerprint density at radius 3 is 2.54 bits per heavy atom. The summed E-state index contributed by atoms with van der Waals surface area (Å²) < 4.78 is 13.9. The van der Waals surface area contributed by atoms with Crippen molar-refractivity contribution in [3.8, 4) is 11.3 Å². The lowest BCUT2D eigenvalue weighted by atomic mass is 10.1. The number of benzene rings is 1. The van der Waals surface area contributed by atoms with Gasteiger partial charge in [-0.2, -0.15) is 4.98 Å². The molecular formula is C21H24FN5O. The van der Waals surface area contributed by atoms with Gasteiger partial charge in [0.05, 0.1) is 18.3 Å². The van der Waals surface area contributed by atoms with E-state index in [1.54, 1.807) is 37.5 Å². The second-order valence-corrected chi connectivity index (χ2v) is 6.91. The Morgan fingerprint density at radius 1 is 1.11 bits per heavy atom. The number of anilines is 3. The van der Waals surface area contributed by atoms with Gasteiger partial charge < -0.3 is 15.7 Å². The molecule has 0 aliphatic carbocycles. The lowest BCUT2D eigenvalue weighted by molar-refractivity contribution is 0.248. The second kappa shape index (κ2) is 8.75. The molecule has 0 fully saturated rings. The van der Waals surface area contributed by atoms with Gasteiger partial charge >= 0.3 is 0 Å². The van der Waals surface area contributed by atoms with Crippen molar-refractivity contribution in [3.63, 3.8) is 0 Å². The van der Waals surface area contributed by atoms with Crippen LogP contribution in [0.15, 0.2) is 48.8 Å². The molecule has 0 radical (unpaired) electrons. The average molecular weight is 381 g/mol. The zero-order valence-corrected chi connectivity index (χ0v) is 16.1. The Kier molecular flexibility index (Phi) is 6.16. The first-order chi connectivity index (χ1) is 13.5. The number of aromatic nitrogens is 3. The maximum atomic E-state index is 13.9. The summed E-state index contributed by atoms with van der Waals surface area (Å²) in [5, 5.41) is 16.0. The molecule has 6 nitrogen and oxygen atoms in total. The zero-order valence-electron chi connectivity index (χ0n) is 16.1. The largest absolute Gasteiger partial charge is 0.394 e. The van der Waals surface area contributed by atoms with E-state index in [1.165, 1.54) is 6.07 Å². The summed E-state index contributed by atoms with van der Waals surface area (Å²) in [6.07, 6.45) is 3.39. The number of pyridine rings is 1. The molecule has 0 saturated heterocycles. The number of halogens is 1. The first-order valence-electron chi connectivity index (χ1n) is 9.17. The molecule has 0 unspecified atom stereocenters. The molecule has 0 bridgehead atoms. The first-order valence-corrected chi connectivity index (χ1v) is 9.17. The number of aliphatic hydroxyl groups is 1. The van der Waals surface area contributed by atoms with Crippen LogP contribution in [0.25, 0.3) is 11.3 Å². The third-order valence-corrected chi connectivity index (χ3v) is 4.55. The molecule has 0 aliphatic rings. The van der Waals surface area contributed by atoms with E-state index in [0.717, 1.165) is 5.56 Å². The first kappa shape index (κ1) is 19.7. The van der Waals surface area contributed by atoms with Crippen LogP contribution in [0.5, 0.6) is 0 Å². The summed E-state index contributed by atoms with van der Waals surface area (Å²) in [5.74, 6) is 0.823. The highest BCUT2D eigenvalue weighted by Crippen LogP contribution is 2.26. The van der Waals surface area contributed by atoms with Gasteiger partial charge in [-0.15, -0.1) is 0 Å². The molecule has 2 heterocycles. The fourth-order valence-electron chi connectivity index (χ4n) is 2.72. The molecule has 0 amide bonds. The minimum absolute atomic E-state index is 0.0354. The van der Waals surface area contributed by atoms with Crippen molar-refractivity contribution in [1.82, 2.24) is 15.0 Å². The highest BCUT2D eigenvalue weighted by molar-refractivity contribution is 5.68. The Bertz CT molecular complexity index is 933. The minimum atomic E-state index is -0.285. The third-order valence-electron chi connectivity index (χ3n) is 4.55. The van der Waals surface area contributed by atoms with E-state index in [9.17, 15) is 9.50 Å². The van der Waals surface area contributed by atoms with Gasteiger partial charge in [0.1, 0.15) is 11.6 Å². The number of aliphatic hydroxyl groups excluding tert-OH is 1. The molecule has 2 aromatic heterocycles.